The molecule has 0 aliphatic carbocycles. The first-order chi connectivity index (χ1) is 16.7. The van der Waals surface area contributed by atoms with Crippen molar-refractivity contribution in [3.05, 3.63) is 93.0 Å². The van der Waals surface area contributed by atoms with E-state index in [2.05, 4.69) is 4.98 Å². The highest BCUT2D eigenvalue weighted by Gasteiger charge is 2.19. The van der Waals surface area contributed by atoms with E-state index in [9.17, 15) is 18.8 Å². The molecule has 0 aliphatic rings. The first-order valence-corrected chi connectivity index (χ1v) is 11.3. The van der Waals surface area contributed by atoms with Crippen molar-refractivity contribution in [3.63, 3.8) is 0 Å². The van der Waals surface area contributed by atoms with Gasteiger partial charge in [0.2, 0.25) is 5.78 Å². The summed E-state index contributed by atoms with van der Waals surface area (Å²) in [6, 6.07) is 13.6. The summed E-state index contributed by atoms with van der Waals surface area (Å²) >= 11 is 0. The number of carbonyl (C=O) groups excluding carboxylic acids is 2. The fourth-order valence-corrected chi connectivity index (χ4v) is 4.16. The third kappa shape index (κ3) is 4.77. The molecule has 4 rings (SSSR count). The maximum absolute atomic E-state index is 14.1. The van der Waals surface area contributed by atoms with Crippen molar-refractivity contribution in [2.45, 2.75) is 33.6 Å². The topological polar surface area (TPSA) is 83.2 Å². The minimum atomic E-state index is -0.560. The molecule has 0 saturated carbocycles. The summed E-state index contributed by atoms with van der Waals surface area (Å²) in [5, 5.41) is 0.512. The second kappa shape index (κ2) is 9.66. The highest BCUT2D eigenvalue weighted by Crippen LogP contribution is 2.23. The number of aromatic nitrogens is 3. The lowest BCUT2D eigenvalue weighted by Gasteiger charge is -2.11. The van der Waals surface area contributed by atoms with E-state index in [0.29, 0.717) is 39.2 Å². The van der Waals surface area contributed by atoms with E-state index in [1.165, 1.54) is 10.6 Å². The van der Waals surface area contributed by atoms with Crippen molar-refractivity contribution < 1.29 is 18.7 Å². The van der Waals surface area contributed by atoms with Crippen molar-refractivity contribution in [3.8, 4) is 5.69 Å². The van der Waals surface area contributed by atoms with Crippen molar-refractivity contribution in [2.24, 2.45) is 7.05 Å². The molecule has 35 heavy (non-hydrogen) atoms. The van der Waals surface area contributed by atoms with Crippen LogP contribution in [0.2, 0.25) is 0 Å². The van der Waals surface area contributed by atoms with Crippen LogP contribution in [0, 0.1) is 26.6 Å². The minimum absolute atomic E-state index is 0.0203. The molecule has 2 aromatic carbocycles. The Morgan fingerprint density at radius 2 is 1.80 bits per heavy atom. The summed E-state index contributed by atoms with van der Waals surface area (Å²) in [4.78, 5) is 42.1. The Labute approximate surface area is 201 Å². The average molecular weight is 476 g/mol. The second-order valence-corrected chi connectivity index (χ2v) is 8.55. The van der Waals surface area contributed by atoms with Crippen LogP contribution in [0.25, 0.3) is 16.6 Å². The SMILES string of the molecule is Cc1ccc(-n2c(C)cc(C(=O)COC(=O)CCc3nc4ccccc4c(=O)n3C)c2C)cc1F. The number of rotatable bonds is 7. The fourth-order valence-electron chi connectivity index (χ4n) is 4.16. The Morgan fingerprint density at radius 3 is 2.54 bits per heavy atom. The monoisotopic (exact) mass is 475 g/mol. The molecule has 0 spiro atoms. The van der Waals surface area contributed by atoms with Gasteiger partial charge in [0.25, 0.3) is 5.56 Å². The van der Waals surface area contributed by atoms with Crippen molar-refractivity contribution in [1.82, 2.24) is 14.1 Å². The van der Waals surface area contributed by atoms with Gasteiger partial charge in [0.05, 0.1) is 17.3 Å². The van der Waals surface area contributed by atoms with Gasteiger partial charge < -0.3 is 9.30 Å². The number of ether oxygens (including phenoxy) is 1. The maximum Gasteiger partial charge on any atom is 0.306 e. The van der Waals surface area contributed by atoms with E-state index < -0.39 is 12.6 Å². The number of halogens is 1. The zero-order valence-corrected chi connectivity index (χ0v) is 20.1. The molecule has 8 heteroatoms. The van der Waals surface area contributed by atoms with E-state index in [4.69, 9.17) is 4.74 Å². The Kier molecular flexibility index (Phi) is 6.64. The first-order valence-electron chi connectivity index (χ1n) is 11.3. The van der Waals surface area contributed by atoms with Crippen molar-refractivity contribution >= 4 is 22.7 Å². The molecular formula is C27H26FN3O4. The van der Waals surface area contributed by atoms with Crippen LogP contribution in [0.1, 0.15) is 39.6 Å². The molecule has 0 radical (unpaired) electrons. The molecule has 0 aliphatic heterocycles. The average Bonchev–Trinajstić information content (AvgIpc) is 3.14. The number of ketones is 1. The highest BCUT2D eigenvalue weighted by atomic mass is 19.1. The number of carbonyl (C=O) groups is 2. The molecule has 0 amide bonds. The number of para-hydroxylation sites is 1. The number of hydrogen-bond donors (Lipinski definition) is 0. The molecule has 2 aromatic heterocycles. The van der Waals surface area contributed by atoms with Gasteiger partial charge in [0, 0.05) is 36.1 Å². The Bertz CT molecular complexity index is 1520. The number of benzene rings is 2. The van der Waals surface area contributed by atoms with E-state index >= 15 is 0 Å². The Morgan fingerprint density at radius 1 is 1.06 bits per heavy atom. The molecule has 180 valence electrons. The number of esters is 1. The van der Waals surface area contributed by atoms with Crippen LogP contribution < -0.4 is 5.56 Å². The van der Waals surface area contributed by atoms with Gasteiger partial charge in [-0.15, -0.1) is 0 Å². The van der Waals surface area contributed by atoms with Crippen LogP contribution in [-0.4, -0.2) is 32.5 Å². The van der Waals surface area contributed by atoms with Gasteiger partial charge in [-0.2, -0.15) is 0 Å². The lowest BCUT2D eigenvalue weighted by Crippen LogP contribution is -2.23. The molecule has 0 fully saturated rings. The smallest absolute Gasteiger partial charge is 0.306 e. The molecule has 0 N–H and O–H groups in total. The fraction of sp³-hybridized carbons (Fsp3) is 0.259. The van der Waals surface area contributed by atoms with Crippen LogP contribution in [0.5, 0.6) is 0 Å². The number of fused-ring (bicyclic) bond motifs is 1. The zero-order valence-electron chi connectivity index (χ0n) is 20.1. The van der Waals surface area contributed by atoms with Crippen LogP contribution in [0.3, 0.4) is 0 Å². The maximum atomic E-state index is 14.1. The van der Waals surface area contributed by atoms with E-state index in [-0.39, 0.29) is 30.0 Å². The second-order valence-electron chi connectivity index (χ2n) is 8.55. The van der Waals surface area contributed by atoms with Gasteiger partial charge in [-0.1, -0.05) is 18.2 Å². The molecule has 2 heterocycles. The third-order valence-electron chi connectivity index (χ3n) is 6.14. The van der Waals surface area contributed by atoms with E-state index in [1.807, 2.05) is 6.92 Å². The summed E-state index contributed by atoms with van der Waals surface area (Å²) < 4.78 is 22.5. The number of hydrogen-bond acceptors (Lipinski definition) is 5. The standard InChI is InChI=1S/C27H26FN3O4/c1-16-9-10-19(14-22(16)28)31-17(2)13-21(18(31)3)24(32)15-35-26(33)12-11-25-29-23-8-6-5-7-20(23)27(34)30(25)4/h5-10,13-14H,11-12,15H2,1-4H3. The summed E-state index contributed by atoms with van der Waals surface area (Å²) in [7, 11) is 1.61. The van der Waals surface area contributed by atoms with E-state index in [0.717, 1.165) is 5.69 Å². The quantitative estimate of drug-likeness (QED) is 0.296. The Hall–Kier alpha value is -4.07. The van der Waals surface area contributed by atoms with E-state index in [1.54, 1.807) is 67.9 Å². The minimum Gasteiger partial charge on any atom is -0.457 e. The van der Waals surface area contributed by atoms with Crippen LogP contribution in [0.4, 0.5) is 4.39 Å². The van der Waals surface area contributed by atoms with Crippen molar-refractivity contribution in [1.29, 1.82) is 0 Å². The normalized spacial score (nSPS) is 11.1. The molecule has 4 aromatic rings. The van der Waals surface area contributed by atoms with Crippen LogP contribution in [0.15, 0.2) is 53.3 Å². The van der Waals surface area contributed by atoms with Crippen LogP contribution >= 0.6 is 0 Å². The zero-order chi connectivity index (χ0) is 25.3. The largest absolute Gasteiger partial charge is 0.457 e. The van der Waals surface area contributed by atoms with Gasteiger partial charge in [0.1, 0.15) is 11.6 Å². The summed E-state index contributed by atoms with van der Waals surface area (Å²) in [5.74, 6) is -0.766. The molecule has 0 bridgehead atoms. The van der Waals surface area contributed by atoms with Crippen LogP contribution in [-0.2, 0) is 23.0 Å². The first kappa shape index (κ1) is 24.1. The Balaban J connectivity index is 1.42. The molecular weight excluding hydrogens is 449 g/mol. The van der Waals surface area contributed by atoms with Crippen molar-refractivity contribution in [2.75, 3.05) is 6.61 Å². The highest BCUT2D eigenvalue weighted by molar-refractivity contribution is 5.99. The predicted octanol–water partition coefficient (Wildman–Crippen LogP) is 4.15. The predicted molar refractivity (Wildman–Crippen MR) is 131 cm³/mol. The number of aryl methyl sites for hydroxylation is 3. The summed E-state index contributed by atoms with van der Waals surface area (Å²) in [6.45, 7) is 4.88. The lowest BCUT2D eigenvalue weighted by molar-refractivity contribution is -0.142. The number of nitrogens with zero attached hydrogens (tertiary/aromatic N) is 3. The third-order valence-corrected chi connectivity index (χ3v) is 6.14. The van der Waals surface area contributed by atoms with Gasteiger partial charge in [-0.05, 0) is 56.7 Å². The number of Topliss-reactive ketones (excluding diaryl/α,β-unsaturated/α-hetero) is 1. The van der Waals surface area contributed by atoms with Gasteiger partial charge in [-0.25, -0.2) is 9.37 Å². The molecule has 0 atom stereocenters. The summed E-state index contributed by atoms with van der Waals surface area (Å²) in [6.07, 6.45) is 0.185. The molecule has 7 nitrogen and oxygen atoms in total. The molecule has 0 saturated heterocycles. The van der Waals surface area contributed by atoms with Gasteiger partial charge in [-0.3, -0.25) is 19.0 Å². The van der Waals surface area contributed by atoms with Gasteiger partial charge in [0.15, 0.2) is 6.61 Å². The molecule has 0 unspecified atom stereocenters. The lowest BCUT2D eigenvalue weighted by atomic mass is 10.1. The summed E-state index contributed by atoms with van der Waals surface area (Å²) in [5.41, 5.74) is 3.36. The van der Waals surface area contributed by atoms with Gasteiger partial charge >= 0.3 is 5.97 Å².